The SMILES string of the molecule is Cc1cnc(C(C)NC(=O)NC(CO)CC(C)C)s1. The van der Waals surface area contributed by atoms with Crippen molar-refractivity contribution in [2.45, 2.75) is 46.2 Å². The third-order valence-corrected chi connectivity index (χ3v) is 3.76. The Hall–Kier alpha value is -1.14. The number of aromatic nitrogens is 1. The molecule has 1 aromatic rings. The van der Waals surface area contributed by atoms with Gasteiger partial charge in [0.25, 0.3) is 0 Å². The molecule has 2 unspecified atom stereocenters. The van der Waals surface area contributed by atoms with E-state index in [2.05, 4.69) is 29.5 Å². The molecule has 1 heterocycles. The maximum Gasteiger partial charge on any atom is 0.315 e. The smallest absolute Gasteiger partial charge is 0.315 e. The van der Waals surface area contributed by atoms with Gasteiger partial charge in [-0.25, -0.2) is 9.78 Å². The Morgan fingerprint density at radius 1 is 1.42 bits per heavy atom. The first kappa shape index (κ1) is 15.9. The first-order valence-electron chi connectivity index (χ1n) is 6.52. The topological polar surface area (TPSA) is 74.2 Å². The lowest BCUT2D eigenvalue weighted by atomic mass is 10.0. The zero-order chi connectivity index (χ0) is 14.4. The minimum Gasteiger partial charge on any atom is -0.394 e. The number of carbonyl (C=O) groups excluding carboxylic acids is 1. The molecule has 19 heavy (non-hydrogen) atoms. The molecule has 5 nitrogen and oxygen atoms in total. The van der Waals surface area contributed by atoms with Crippen molar-refractivity contribution in [3.63, 3.8) is 0 Å². The van der Waals surface area contributed by atoms with Gasteiger partial charge in [-0.1, -0.05) is 13.8 Å². The van der Waals surface area contributed by atoms with Crippen molar-refractivity contribution in [1.82, 2.24) is 15.6 Å². The van der Waals surface area contributed by atoms with Crippen molar-refractivity contribution in [2.75, 3.05) is 6.61 Å². The quantitative estimate of drug-likeness (QED) is 0.750. The van der Waals surface area contributed by atoms with E-state index in [9.17, 15) is 9.90 Å². The molecular weight excluding hydrogens is 262 g/mol. The molecule has 0 saturated carbocycles. The highest BCUT2D eigenvalue weighted by Crippen LogP contribution is 2.18. The van der Waals surface area contributed by atoms with Crippen molar-refractivity contribution in [3.05, 3.63) is 16.1 Å². The lowest BCUT2D eigenvalue weighted by molar-refractivity contribution is 0.205. The average Bonchev–Trinajstić information content (AvgIpc) is 2.74. The molecule has 0 bridgehead atoms. The van der Waals surface area contributed by atoms with Gasteiger partial charge in [-0.2, -0.15) is 0 Å². The van der Waals surface area contributed by atoms with Crippen molar-refractivity contribution in [2.24, 2.45) is 5.92 Å². The van der Waals surface area contributed by atoms with Gasteiger partial charge in [-0.15, -0.1) is 11.3 Å². The number of aliphatic hydroxyl groups is 1. The number of rotatable bonds is 6. The Balaban J connectivity index is 2.45. The van der Waals surface area contributed by atoms with Crippen LogP contribution >= 0.6 is 11.3 Å². The third kappa shape index (κ3) is 5.57. The number of aliphatic hydroxyl groups excluding tert-OH is 1. The lowest BCUT2D eigenvalue weighted by Crippen LogP contribution is -2.45. The monoisotopic (exact) mass is 285 g/mol. The summed E-state index contributed by atoms with van der Waals surface area (Å²) in [5.74, 6) is 0.427. The van der Waals surface area contributed by atoms with Crippen LogP contribution in [0, 0.1) is 12.8 Å². The molecule has 6 heteroatoms. The number of aryl methyl sites for hydroxylation is 1. The van der Waals surface area contributed by atoms with Gasteiger partial charge in [0.15, 0.2) is 0 Å². The summed E-state index contributed by atoms with van der Waals surface area (Å²) in [6.07, 6.45) is 2.56. The van der Waals surface area contributed by atoms with Gasteiger partial charge in [0, 0.05) is 11.1 Å². The number of amides is 2. The molecular formula is C13H23N3O2S. The van der Waals surface area contributed by atoms with Crippen molar-refractivity contribution < 1.29 is 9.90 Å². The van der Waals surface area contributed by atoms with E-state index in [0.29, 0.717) is 5.92 Å². The maximum absolute atomic E-state index is 11.8. The normalized spacial score (nSPS) is 14.2. The van der Waals surface area contributed by atoms with E-state index in [1.54, 1.807) is 17.5 Å². The lowest BCUT2D eigenvalue weighted by Gasteiger charge is -2.20. The molecule has 1 rings (SSSR count). The molecule has 0 spiro atoms. The number of hydrogen-bond donors (Lipinski definition) is 3. The second-order valence-electron chi connectivity index (χ2n) is 5.16. The van der Waals surface area contributed by atoms with E-state index in [4.69, 9.17) is 0 Å². The van der Waals surface area contributed by atoms with E-state index >= 15 is 0 Å². The predicted octanol–water partition coefficient (Wildman–Crippen LogP) is 2.22. The van der Waals surface area contributed by atoms with Crippen LogP contribution in [0.3, 0.4) is 0 Å². The summed E-state index contributed by atoms with van der Waals surface area (Å²) >= 11 is 1.57. The van der Waals surface area contributed by atoms with Gasteiger partial charge < -0.3 is 15.7 Å². The van der Waals surface area contributed by atoms with Crippen LogP contribution < -0.4 is 10.6 Å². The van der Waals surface area contributed by atoms with Gasteiger partial charge in [0.05, 0.1) is 18.7 Å². The molecule has 0 saturated heterocycles. The molecule has 0 fully saturated rings. The summed E-state index contributed by atoms with van der Waals surface area (Å²) in [6, 6.07) is -0.595. The van der Waals surface area contributed by atoms with Crippen LogP contribution in [0.5, 0.6) is 0 Å². The third-order valence-electron chi connectivity index (χ3n) is 2.67. The van der Waals surface area contributed by atoms with Crippen LogP contribution in [0.15, 0.2) is 6.20 Å². The van der Waals surface area contributed by atoms with Gasteiger partial charge >= 0.3 is 6.03 Å². The molecule has 108 valence electrons. The highest BCUT2D eigenvalue weighted by Gasteiger charge is 2.16. The Kier molecular flexibility index (Phi) is 6.24. The van der Waals surface area contributed by atoms with Gasteiger partial charge in [0.2, 0.25) is 0 Å². The summed E-state index contributed by atoms with van der Waals surface area (Å²) in [7, 11) is 0. The van der Waals surface area contributed by atoms with E-state index in [0.717, 1.165) is 16.3 Å². The highest BCUT2D eigenvalue weighted by molar-refractivity contribution is 7.11. The zero-order valence-electron chi connectivity index (χ0n) is 11.9. The largest absolute Gasteiger partial charge is 0.394 e. The number of carbonyl (C=O) groups is 1. The maximum atomic E-state index is 11.8. The van der Waals surface area contributed by atoms with E-state index < -0.39 is 0 Å². The number of nitrogens with zero attached hydrogens (tertiary/aromatic N) is 1. The summed E-state index contributed by atoms with van der Waals surface area (Å²) in [5.41, 5.74) is 0. The van der Waals surface area contributed by atoms with Crippen LogP contribution in [0.1, 0.15) is 43.1 Å². The Morgan fingerprint density at radius 2 is 2.11 bits per heavy atom. The fourth-order valence-corrected chi connectivity index (χ4v) is 2.58. The van der Waals surface area contributed by atoms with Crippen LogP contribution in [0.4, 0.5) is 4.79 Å². The van der Waals surface area contributed by atoms with Crippen LogP contribution in [-0.2, 0) is 0 Å². The van der Waals surface area contributed by atoms with Crippen molar-refractivity contribution in [3.8, 4) is 0 Å². The fraction of sp³-hybridized carbons (Fsp3) is 0.692. The van der Waals surface area contributed by atoms with E-state index in [1.165, 1.54) is 0 Å². The molecule has 0 aliphatic rings. The van der Waals surface area contributed by atoms with Gasteiger partial charge in [-0.3, -0.25) is 0 Å². The number of thiazole rings is 1. The average molecular weight is 285 g/mol. The Morgan fingerprint density at radius 3 is 2.58 bits per heavy atom. The number of urea groups is 1. The van der Waals surface area contributed by atoms with Crippen molar-refractivity contribution in [1.29, 1.82) is 0 Å². The standard InChI is InChI=1S/C13H23N3O2S/c1-8(2)5-11(7-17)16-13(18)15-10(4)12-14-6-9(3)19-12/h6,8,10-11,17H,5,7H2,1-4H3,(H2,15,16,18). The van der Waals surface area contributed by atoms with Gasteiger partial charge in [-0.05, 0) is 26.2 Å². The van der Waals surface area contributed by atoms with Crippen LogP contribution in [0.25, 0.3) is 0 Å². The minimum absolute atomic E-state index is 0.0453. The zero-order valence-corrected chi connectivity index (χ0v) is 12.8. The molecule has 2 amide bonds. The molecule has 0 radical (unpaired) electrons. The fourth-order valence-electron chi connectivity index (χ4n) is 1.81. The first-order valence-corrected chi connectivity index (χ1v) is 7.34. The number of nitrogens with one attached hydrogen (secondary N) is 2. The second kappa shape index (κ2) is 7.45. The van der Waals surface area contributed by atoms with Crippen LogP contribution in [-0.4, -0.2) is 28.8 Å². The van der Waals surface area contributed by atoms with E-state index in [1.807, 2.05) is 13.8 Å². The molecule has 3 N–H and O–H groups in total. The van der Waals surface area contributed by atoms with Gasteiger partial charge in [0.1, 0.15) is 5.01 Å². The molecule has 0 aromatic carbocycles. The summed E-state index contributed by atoms with van der Waals surface area (Å²) in [6.45, 7) is 7.95. The Bertz CT molecular complexity index is 406. The minimum atomic E-state index is -0.264. The first-order chi connectivity index (χ1) is 8.92. The summed E-state index contributed by atoms with van der Waals surface area (Å²) < 4.78 is 0. The summed E-state index contributed by atoms with van der Waals surface area (Å²) in [5, 5.41) is 15.7. The highest BCUT2D eigenvalue weighted by atomic mass is 32.1. The molecule has 2 atom stereocenters. The van der Waals surface area contributed by atoms with E-state index in [-0.39, 0.29) is 24.7 Å². The van der Waals surface area contributed by atoms with Crippen LogP contribution in [0.2, 0.25) is 0 Å². The Labute approximate surface area is 118 Å². The predicted molar refractivity (Wildman–Crippen MR) is 77.3 cm³/mol. The van der Waals surface area contributed by atoms with Crippen molar-refractivity contribution >= 4 is 17.4 Å². The second-order valence-corrected chi connectivity index (χ2v) is 6.42. The molecule has 1 aromatic heterocycles. The molecule has 0 aliphatic carbocycles. The number of hydrogen-bond acceptors (Lipinski definition) is 4. The molecule has 0 aliphatic heterocycles. The summed E-state index contributed by atoms with van der Waals surface area (Å²) in [4.78, 5) is 17.2.